The van der Waals surface area contributed by atoms with Gasteiger partial charge in [-0.25, -0.2) is 0 Å². The summed E-state index contributed by atoms with van der Waals surface area (Å²) in [4.78, 5) is 16.1. The molecule has 1 saturated heterocycles. The number of hydrogen-bond acceptors (Lipinski definition) is 5. The number of allylic oxidation sites excluding steroid dienone is 3. The van der Waals surface area contributed by atoms with Crippen LogP contribution in [0.2, 0.25) is 0 Å². The molecule has 1 N–H and O–H groups in total. The highest BCUT2D eigenvalue weighted by Gasteiger charge is 2.53. The van der Waals surface area contributed by atoms with Crippen LogP contribution in [0.15, 0.2) is 157 Å². The molecule has 83 heavy (non-hydrogen) atoms. The Balaban J connectivity index is 0.851. The second kappa shape index (κ2) is 20.9. The second-order valence-electron chi connectivity index (χ2n) is 24.0. The Labute approximate surface area is 480 Å². The number of fused-ring (bicyclic) bond motifs is 9. The number of carbonyl (C=O) groups is 1. The molecule has 1 amide bonds. The Morgan fingerprint density at radius 2 is 1.46 bits per heavy atom. The first-order valence-corrected chi connectivity index (χ1v) is 29.3. The highest BCUT2D eigenvalue weighted by Crippen LogP contribution is 2.63. The molecular weight excluding hydrogens is 1060 g/mol. The number of morpholine rings is 1. The number of nitrogens with zero attached hydrogens (tertiary/aromatic N) is 1. The van der Waals surface area contributed by atoms with Crippen molar-refractivity contribution in [3.8, 4) is 44.9 Å². The lowest BCUT2D eigenvalue weighted by Crippen LogP contribution is -2.38. The zero-order valence-electron chi connectivity index (χ0n) is 47.1. The normalized spacial score (nSPS) is 22.4. The van der Waals surface area contributed by atoms with Gasteiger partial charge in [-0.05, 0) is 178 Å². The van der Waals surface area contributed by atoms with Crippen LogP contribution in [0.4, 0.5) is 32.0 Å². The molecule has 0 radical (unpaired) electrons. The topological polar surface area (TPSA) is 60.0 Å². The lowest BCUT2D eigenvalue weighted by atomic mass is 9.74. The molecule has 5 atom stereocenters. The molecule has 0 aromatic heterocycles. The Kier molecular flexibility index (Phi) is 13.8. The predicted octanol–water partition coefficient (Wildman–Crippen LogP) is 18.3. The van der Waals surface area contributed by atoms with Crippen LogP contribution in [0.25, 0.3) is 50.2 Å². The van der Waals surface area contributed by atoms with Crippen LogP contribution in [0, 0.1) is 17.8 Å². The Hall–Kier alpha value is -7.57. The van der Waals surface area contributed by atoms with E-state index in [1.54, 1.807) is 50.2 Å². The maximum Gasteiger partial charge on any atom is 0.416 e. The van der Waals surface area contributed by atoms with E-state index in [0.29, 0.717) is 81.3 Å². The molecule has 12 heteroatoms. The van der Waals surface area contributed by atoms with Crippen LogP contribution in [-0.2, 0) is 28.1 Å². The average molecular weight is 1130 g/mol. The third kappa shape index (κ3) is 9.72. The predicted molar refractivity (Wildman–Crippen MR) is 315 cm³/mol. The number of rotatable bonds is 12. The standard InChI is InChI=1S/C71H66F6N2O4/c1-5-6-12-53-54-30-23-47(37-57(53)54)44-15-13-42(14-16-44)43-17-19-46(20-18-43)67(80)78-51-26-21-45(22-27-51)56-40-58-59(41-62(56)81-4)66-55(65-63(58)60-38-50(70(72,73)74)39-61(71(75,76)77)64(60)68(65,2)3)31-32-69(83-66,48-10-8-7-9-11-48)49-24-28-52(29-25-49)79-33-35-82-36-34-79/h7-11,13-22,24,26-28,31-32,38-41,47,53-54,57H,5-6,12,23,25,29-30,33-37H2,1-4H3,(H,78,80). The zero-order valence-corrected chi connectivity index (χ0v) is 47.1. The first-order chi connectivity index (χ1) is 39.9. The van der Waals surface area contributed by atoms with Crippen LogP contribution >= 0.6 is 0 Å². The fraction of sp³-hybridized carbons (Fsp3) is 0.338. The molecule has 426 valence electrons. The Bertz CT molecular complexity index is 3760. The van der Waals surface area contributed by atoms with Crippen molar-refractivity contribution in [3.63, 3.8) is 0 Å². The molecule has 4 aliphatic carbocycles. The summed E-state index contributed by atoms with van der Waals surface area (Å²) in [7, 11) is 1.52. The molecule has 13 rings (SSSR count). The molecule has 2 heterocycles. The van der Waals surface area contributed by atoms with E-state index < -0.39 is 34.5 Å². The maximum absolute atomic E-state index is 15.4. The van der Waals surface area contributed by atoms with Gasteiger partial charge in [-0.3, -0.25) is 4.79 Å². The first kappa shape index (κ1) is 54.7. The van der Waals surface area contributed by atoms with Gasteiger partial charge in [0.25, 0.3) is 5.91 Å². The number of anilines is 1. The van der Waals surface area contributed by atoms with E-state index in [2.05, 4.69) is 53.6 Å². The van der Waals surface area contributed by atoms with Crippen LogP contribution in [0.3, 0.4) is 0 Å². The Morgan fingerprint density at radius 3 is 2.12 bits per heavy atom. The summed E-state index contributed by atoms with van der Waals surface area (Å²) in [6, 6.07) is 38.1. The minimum atomic E-state index is -5.12. The summed E-state index contributed by atoms with van der Waals surface area (Å²) in [6.45, 7) is 8.43. The van der Waals surface area contributed by atoms with Gasteiger partial charge in [-0.2, -0.15) is 26.3 Å². The fourth-order valence-electron chi connectivity index (χ4n) is 14.8. The molecule has 5 unspecified atom stereocenters. The lowest BCUT2D eigenvalue weighted by Gasteiger charge is -2.41. The van der Waals surface area contributed by atoms with Crippen molar-refractivity contribution in [1.82, 2.24) is 4.90 Å². The van der Waals surface area contributed by atoms with Gasteiger partial charge >= 0.3 is 12.4 Å². The summed E-state index contributed by atoms with van der Waals surface area (Å²) in [6.07, 6.45) is 7.13. The van der Waals surface area contributed by atoms with Crippen molar-refractivity contribution in [2.75, 3.05) is 38.7 Å². The molecule has 0 spiro atoms. The summed E-state index contributed by atoms with van der Waals surface area (Å²) >= 11 is 0. The Morgan fingerprint density at radius 1 is 0.747 bits per heavy atom. The van der Waals surface area contributed by atoms with Crippen molar-refractivity contribution in [3.05, 3.63) is 201 Å². The van der Waals surface area contributed by atoms with Crippen molar-refractivity contribution in [1.29, 1.82) is 0 Å². The van der Waals surface area contributed by atoms with E-state index >= 15 is 13.2 Å². The van der Waals surface area contributed by atoms with E-state index in [-0.39, 0.29) is 28.7 Å². The quantitative estimate of drug-likeness (QED) is 0.124. The molecule has 2 saturated carbocycles. The number of unbranched alkanes of at least 4 members (excludes halogenated alkanes) is 1. The van der Waals surface area contributed by atoms with Crippen LogP contribution in [0.1, 0.15) is 127 Å². The van der Waals surface area contributed by atoms with Crippen LogP contribution < -0.4 is 14.8 Å². The van der Waals surface area contributed by atoms with Crippen molar-refractivity contribution < 1.29 is 45.3 Å². The number of amides is 1. The summed E-state index contributed by atoms with van der Waals surface area (Å²) < 4.78 is 110. The van der Waals surface area contributed by atoms with Gasteiger partial charge < -0.3 is 24.4 Å². The molecule has 0 bridgehead atoms. The van der Waals surface area contributed by atoms with E-state index in [4.69, 9.17) is 14.2 Å². The molecule has 7 aromatic rings. The minimum Gasteiger partial charge on any atom is -0.496 e. The number of ether oxygens (including phenoxy) is 3. The van der Waals surface area contributed by atoms with Gasteiger partial charge in [0, 0.05) is 57.5 Å². The fourth-order valence-corrected chi connectivity index (χ4v) is 14.8. The summed E-state index contributed by atoms with van der Waals surface area (Å²) in [5.74, 6) is 3.85. The van der Waals surface area contributed by atoms with E-state index in [1.807, 2.05) is 66.7 Å². The van der Waals surface area contributed by atoms with Crippen molar-refractivity contribution >= 4 is 28.4 Å². The maximum atomic E-state index is 15.4. The highest BCUT2D eigenvalue weighted by atomic mass is 19.4. The third-order valence-corrected chi connectivity index (χ3v) is 19.0. The molecule has 6 aliphatic rings. The largest absolute Gasteiger partial charge is 0.496 e. The molecule has 6 nitrogen and oxygen atoms in total. The van der Waals surface area contributed by atoms with Gasteiger partial charge in [0.2, 0.25) is 0 Å². The van der Waals surface area contributed by atoms with Crippen LogP contribution in [0.5, 0.6) is 11.5 Å². The molecule has 7 aromatic carbocycles. The second-order valence-corrected chi connectivity index (χ2v) is 24.0. The van der Waals surface area contributed by atoms with Gasteiger partial charge in [0.15, 0.2) is 5.60 Å². The third-order valence-electron chi connectivity index (χ3n) is 19.0. The average Bonchev–Trinajstić information content (AvgIpc) is 2.04. The van der Waals surface area contributed by atoms with Gasteiger partial charge in [0.05, 0.1) is 31.5 Å². The highest BCUT2D eigenvalue weighted by molar-refractivity contribution is 6.11. The number of carbonyl (C=O) groups excluding carboxylic acids is 1. The number of halogens is 6. The summed E-state index contributed by atoms with van der Waals surface area (Å²) in [5, 5.41) is 3.87. The zero-order chi connectivity index (χ0) is 57.6. The summed E-state index contributed by atoms with van der Waals surface area (Å²) in [5.41, 5.74) is 4.06. The van der Waals surface area contributed by atoms with Crippen LogP contribution in [-0.4, -0.2) is 44.2 Å². The molecule has 3 fully saturated rings. The molecular formula is C71H66F6N2O4. The minimum absolute atomic E-state index is 0.148. The molecule has 2 aliphatic heterocycles. The van der Waals surface area contributed by atoms with Gasteiger partial charge in [-0.1, -0.05) is 125 Å². The lowest BCUT2D eigenvalue weighted by molar-refractivity contribution is -0.143. The number of alkyl halides is 6. The van der Waals surface area contributed by atoms with E-state index in [9.17, 15) is 18.0 Å². The number of hydrogen-bond donors (Lipinski definition) is 1. The number of methoxy groups -OCH3 is 1. The monoisotopic (exact) mass is 1120 g/mol. The van der Waals surface area contributed by atoms with Crippen molar-refractivity contribution in [2.24, 2.45) is 17.8 Å². The van der Waals surface area contributed by atoms with Gasteiger partial charge in [-0.15, -0.1) is 0 Å². The van der Waals surface area contributed by atoms with E-state index in [1.165, 1.54) is 56.9 Å². The van der Waals surface area contributed by atoms with Gasteiger partial charge in [0.1, 0.15) is 11.5 Å². The van der Waals surface area contributed by atoms with E-state index in [0.717, 1.165) is 65.6 Å². The smallest absolute Gasteiger partial charge is 0.416 e. The van der Waals surface area contributed by atoms with Crippen molar-refractivity contribution in [2.45, 2.75) is 101 Å². The SMILES string of the molecule is CCCCC1C2CCC(c3ccc(-c4ccc(C(=O)Nc5ccc(-c6cc7c8c(c9c(c7cc6OC)OC(C6=CC=C(N7CCOCC7)CC6)(c6ccccc6)C=C9)C(C)(C)c6c-8cc(C(F)(F)F)cc6C(F)(F)F)cc5)cc4)cc3)CC12. The number of nitrogens with one attached hydrogen (secondary N) is 1. The first-order valence-electron chi connectivity index (χ1n) is 29.3. The number of benzene rings is 7.